The molecular weight excluding hydrogens is 346 g/mol. The first kappa shape index (κ1) is 16.5. The largest absolute Gasteiger partial charge is 0.467 e. The summed E-state index contributed by atoms with van der Waals surface area (Å²) in [6.07, 6.45) is 5.63. The number of furan rings is 1. The minimum absolute atomic E-state index is 0.113. The van der Waals surface area contributed by atoms with E-state index >= 15 is 0 Å². The van der Waals surface area contributed by atoms with Gasteiger partial charge < -0.3 is 14.1 Å². The summed E-state index contributed by atoms with van der Waals surface area (Å²) >= 11 is 1.70. The lowest BCUT2D eigenvalue weighted by atomic mass is 10.2. The fourth-order valence-corrected chi connectivity index (χ4v) is 3.38. The molecule has 0 aliphatic carbocycles. The lowest BCUT2D eigenvalue weighted by molar-refractivity contribution is 0.0948. The van der Waals surface area contributed by atoms with E-state index < -0.39 is 0 Å². The van der Waals surface area contributed by atoms with E-state index in [1.54, 1.807) is 24.1 Å². The lowest BCUT2D eigenvalue weighted by Crippen LogP contribution is -2.22. The third-order valence-corrected chi connectivity index (χ3v) is 4.97. The molecule has 0 saturated heterocycles. The summed E-state index contributed by atoms with van der Waals surface area (Å²) < 4.78 is 7.23. The molecule has 26 heavy (non-hydrogen) atoms. The molecule has 4 aromatic rings. The molecule has 3 heterocycles. The van der Waals surface area contributed by atoms with E-state index in [-0.39, 0.29) is 5.91 Å². The number of hydrogen-bond acceptors (Lipinski definition) is 4. The van der Waals surface area contributed by atoms with Gasteiger partial charge in [-0.3, -0.25) is 4.79 Å². The van der Waals surface area contributed by atoms with Gasteiger partial charge >= 0.3 is 0 Å². The summed E-state index contributed by atoms with van der Waals surface area (Å²) in [5.41, 5.74) is 2.61. The molecule has 0 saturated carbocycles. The average Bonchev–Trinajstić information content (AvgIpc) is 3.34. The Morgan fingerprint density at radius 1 is 1.12 bits per heavy atom. The highest BCUT2D eigenvalue weighted by Gasteiger charge is 2.07. The van der Waals surface area contributed by atoms with Crippen molar-refractivity contribution in [2.45, 2.75) is 17.2 Å². The molecule has 5 nitrogen and oxygen atoms in total. The molecule has 0 spiro atoms. The van der Waals surface area contributed by atoms with Crippen molar-refractivity contribution in [2.24, 2.45) is 0 Å². The van der Waals surface area contributed by atoms with E-state index in [4.69, 9.17) is 4.42 Å². The Morgan fingerprint density at radius 3 is 2.77 bits per heavy atom. The van der Waals surface area contributed by atoms with Crippen molar-refractivity contribution < 1.29 is 9.21 Å². The number of nitrogens with one attached hydrogen (secondary N) is 1. The smallest absolute Gasteiger partial charge is 0.251 e. The van der Waals surface area contributed by atoms with Crippen molar-refractivity contribution in [3.63, 3.8) is 0 Å². The van der Waals surface area contributed by atoms with Crippen molar-refractivity contribution >= 4 is 23.3 Å². The zero-order valence-electron chi connectivity index (χ0n) is 14.0. The summed E-state index contributed by atoms with van der Waals surface area (Å²) in [5, 5.41) is 2.84. The zero-order valence-corrected chi connectivity index (χ0v) is 14.8. The molecule has 0 aliphatic rings. The Labute approximate surface area is 155 Å². The number of carbonyl (C=O) groups excluding carboxylic acids is 1. The maximum Gasteiger partial charge on any atom is 0.251 e. The van der Waals surface area contributed by atoms with Gasteiger partial charge in [0.25, 0.3) is 5.91 Å². The normalized spacial score (nSPS) is 10.9. The number of thioether (sulfide) groups is 1. The van der Waals surface area contributed by atoms with Crippen LogP contribution in [0.2, 0.25) is 0 Å². The van der Waals surface area contributed by atoms with Gasteiger partial charge in [0, 0.05) is 28.6 Å². The molecule has 0 bridgehead atoms. The summed E-state index contributed by atoms with van der Waals surface area (Å²) in [6, 6.07) is 17.2. The van der Waals surface area contributed by atoms with Crippen molar-refractivity contribution in [1.29, 1.82) is 0 Å². The average molecular weight is 363 g/mol. The molecule has 0 atom stereocenters. The molecule has 0 radical (unpaired) electrons. The van der Waals surface area contributed by atoms with Gasteiger partial charge in [-0.15, -0.1) is 11.8 Å². The molecule has 0 unspecified atom stereocenters. The van der Waals surface area contributed by atoms with Gasteiger partial charge in [-0.1, -0.05) is 6.07 Å². The van der Waals surface area contributed by atoms with Crippen molar-refractivity contribution in [3.05, 3.63) is 90.3 Å². The number of nitrogens with zero attached hydrogens (tertiary/aromatic N) is 2. The lowest BCUT2D eigenvalue weighted by Gasteiger charge is -2.05. The number of fused-ring (bicyclic) bond motifs is 1. The van der Waals surface area contributed by atoms with Crippen LogP contribution in [0.1, 0.15) is 21.8 Å². The van der Waals surface area contributed by atoms with Gasteiger partial charge in [0.1, 0.15) is 11.4 Å². The summed E-state index contributed by atoms with van der Waals surface area (Å²) in [6.45, 7) is 0.385. The van der Waals surface area contributed by atoms with E-state index in [1.165, 1.54) is 0 Å². The van der Waals surface area contributed by atoms with E-state index in [0.29, 0.717) is 12.1 Å². The molecule has 1 amide bonds. The highest BCUT2D eigenvalue weighted by Crippen LogP contribution is 2.23. The van der Waals surface area contributed by atoms with Gasteiger partial charge in [-0.2, -0.15) is 0 Å². The Hall–Kier alpha value is -2.99. The second-order valence-electron chi connectivity index (χ2n) is 5.77. The predicted octanol–water partition coefficient (Wildman–Crippen LogP) is 4.15. The topological polar surface area (TPSA) is 59.5 Å². The first-order chi connectivity index (χ1) is 12.8. The number of aromatic nitrogens is 2. The van der Waals surface area contributed by atoms with E-state index in [1.807, 2.05) is 65.3 Å². The van der Waals surface area contributed by atoms with Crippen LogP contribution >= 0.6 is 11.8 Å². The van der Waals surface area contributed by atoms with Crippen LogP contribution in [0, 0.1) is 0 Å². The maximum absolute atomic E-state index is 12.2. The number of hydrogen-bond donors (Lipinski definition) is 1. The molecule has 3 aromatic heterocycles. The fourth-order valence-electron chi connectivity index (χ4n) is 2.60. The number of carbonyl (C=O) groups is 1. The second kappa shape index (κ2) is 7.49. The molecular formula is C20H17N3O2S. The zero-order chi connectivity index (χ0) is 17.8. The Balaban J connectivity index is 1.34. The first-order valence-electron chi connectivity index (χ1n) is 8.24. The molecule has 4 rings (SSSR count). The van der Waals surface area contributed by atoms with Crippen LogP contribution < -0.4 is 5.32 Å². The highest BCUT2D eigenvalue weighted by atomic mass is 32.2. The number of amides is 1. The number of benzene rings is 1. The van der Waals surface area contributed by atoms with Gasteiger partial charge in [0.15, 0.2) is 0 Å². The van der Waals surface area contributed by atoms with Gasteiger partial charge in [-0.25, -0.2) is 4.98 Å². The second-order valence-corrected chi connectivity index (χ2v) is 6.82. The highest BCUT2D eigenvalue weighted by molar-refractivity contribution is 7.98. The minimum Gasteiger partial charge on any atom is -0.467 e. The van der Waals surface area contributed by atoms with Crippen LogP contribution in [0.5, 0.6) is 0 Å². The Kier molecular flexibility index (Phi) is 4.75. The fraction of sp³-hybridized carbons (Fsp3) is 0.100. The third-order valence-electron chi connectivity index (χ3n) is 3.92. The molecule has 0 fully saturated rings. The van der Waals surface area contributed by atoms with Crippen LogP contribution in [0.25, 0.3) is 5.65 Å². The summed E-state index contributed by atoms with van der Waals surface area (Å²) in [5.74, 6) is 1.41. The van der Waals surface area contributed by atoms with E-state index in [9.17, 15) is 4.79 Å². The van der Waals surface area contributed by atoms with Crippen molar-refractivity contribution in [1.82, 2.24) is 14.7 Å². The molecule has 6 heteroatoms. The Morgan fingerprint density at radius 2 is 2.00 bits per heavy atom. The van der Waals surface area contributed by atoms with Crippen LogP contribution in [-0.2, 0) is 12.3 Å². The van der Waals surface area contributed by atoms with Crippen LogP contribution in [-0.4, -0.2) is 15.3 Å². The van der Waals surface area contributed by atoms with Crippen LogP contribution in [0.4, 0.5) is 0 Å². The van der Waals surface area contributed by atoms with Gasteiger partial charge in [0.05, 0.1) is 18.5 Å². The molecule has 1 N–H and O–H groups in total. The Bertz CT molecular complexity index is 974. The maximum atomic E-state index is 12.2. The summed E-state index contributed by atoms with van der Waals surface area (Å²) in [7, 11) is 0. The molecule has 1 aromatic carbocycles. The van der Waals surface area contributed by atoms with Crippen LogP contribution in [0.15, 0.2) is 82.6 Å². The minimum atomic E-state index is -0.113. The van der Waals surface area contributed by atoms with E-state index in [0.717, 1.165) is 27.7 Å². The van der Waals surface area contributed by atoms with Crippen molar-refractivity contribution in [3.8, 4) is 0 Å². The number of rotatable bonds is 6. The van der Waals surface area contributed by atoms with Gasteiger partial charge in [0.2, 0.25) is 0 Å². The quantitative estimate of drug-likeness (QED) is 0.523. The van der Waals surface area contributed by atoms with Crippen LogP contribution in [0.3, 0.4) is 0 Å². The van der Waals surface area contributed by atoms with Crippen molar-refractivity contribution in [2.75, 3.05) is 0 Å². The molecule has 0 aliphatic heterocycles. The predicted molar refractivity (Wildman–Crippen MR) is 101 cm³/mol. The number of pyridine rings is 1. The first-order valence-corrected chi connectivity index (χ1v) is 9.22. The third kappa shape index (κ3) is 3.81. The SMILES string of the molecule is O=C(NCc1ccco1)c1ccc(SCc2cn3ccccc3n2)cc1. The standard InChI is InChI=1S/C20H17N3O2S/c24-20(21-12-17-4-3-11-25-17)15-6-8-18(9-7-15)26-14-16-13-23-10-2-1-5-19(23)22-16/h1-11,13H,12,14H2,(H,21,24). The summed E-state index contributed by atoms with van der Waals surface area (Å²) in [4.78, 5) is 17.9. The van der Waals surface area contributed by atoms with Gasteiger partial charge in [-0.05, 0) is 48.5 Å². The molecule has 130 valence electrons. The number of imidazole rings is 1. The monoisotopic (exact) mass is 363 g/mol. The van der Waals surface area contributed by atoms with E-state index in [2.05, 4.69) is 10.3 Å².